The molecule has 0 atom stereocenters. The van der Waals surface area contributed by atoms with Crippen LogP contribution in [0, 0.1) is 0 Å². The van der Waals surface area contributed by atoms with Crippen molar-refractivity contribution in [3.63, 3.8) is 0 Å². The van der Waals surface area contributed by atoms with Crippen molar-refractivity contribution >= 4 is 38.7 Å². The lowest BCUT2D eigenvalue weighted by Gasteiger charge is -2.23. The van der Waals surface area contributed by atoms with Crippen LogP contribution in [0.25, 0.3) is 55.8 Å². The van der Waals surface area contributed by atoms with E-state index in [0.717, 1.165) is 50.5 Å². The summed E-state index contributed by atoms with van der Waals surface area (Å²) in [6.07, 6.45) is 11.5. The topological polar surface area (TPSA) is 83.3 Å². The second-order valence-corrected chi connectivity index (χ2v) is 14.0. The van der Waals surface area contributed by atoms with Gasteiger partial charge in [-0.25, -0.2) is 9.38 Å². The van der Waals surface area contributed by atoms with Gasteiger partial charge in [0, 0.05) is 28.6 Å². The number of nitrogens with zero attached hydrogens (tertiary/aromatic N) is 6. The maximum atomic E-state index is 6.77. The van der Waals surface area contributed by atoms with E-state index in [-0.39, 0.29) is 5.41 Å². The minimum Gasteiger partial charge on any atom is -0.457 e. The van der Waals surface area contributed by atoms with Crippen molar-refractivity contribution in [3.8, 4) is 28.6 Å². The van der Waals surface area contributed by atoms with Gasteiger partial charge < -0.3 is 9.15 Å². The first-order valence-electron chi connectivity index (χ1n) is 16.8. The largest absolute Gasteiger partial charge is 0.457 e. The molecule has 1 fully saturated rings. The summed E-state index contributed by atoms with van der Waals surface area (Å²) in [5.41, 5.74) is 8.13. The van der Waals surface area contributed by atoms with E-state index in [0.29, 0.717) is 17.3 Å². The Morgan fingerprint density at radius 2 is 1.65 bits per heavy atom. The molecule has 5 heterocycles. The molecule has 48 heavy (non-hydrogen) atoms. The molecule has 0 N–H and O–H groups in total. The van der Waals surface area contributed by atoms with Crippen LogP contribution in [0.2, 0.25) is 0 Å². The number of ether oxygens (including phenoxy) is 1. The van der Waals surface area contributed by atoms with Crippen molar-refractivity contribution in [1.82, 2.24) is 29.1 Å². The lowest BCUT2D eigenvalue weighted by molar-refractivity contribution is 0.439. The molecule has 1 saturated carbocycles. The molecule has 9 rings (SSSR count). The zero-order valence-electron chi connectivity index (χ0n) is 27.4. The van der Waals surface area contributed by atoms with Gasteiger partial charge in [0.25, 0.3) is 0 Å². The SMILES string of the molecule is CC(C)(C)c1ccnc(-n2c3ccccc3c3ccc(Oc4cc(-c5cc6c(cn5)oc5nncn56)cc(C5CCCCC5)c4)cc32)c1. The summed E-state index contributed by atoms with van der Waals surface area (Å²) >= 11 is 0. The molecule has 0 unspecified atom stereocenters. The molecule has 1 aliphatic carbocycles. The van der Waals surface area contributed by atoms with Crippen molar-refractivity contribution in [2.45, 2.75) is 64.2 Å². The standard InChI is InChI=1S/C40H36N6O2/c1-40(2,3)28-15-16-41-38(20-28)46-34-12-8-7-11-31(34)32-14-13-29(21-35(32)46)47-30-18-26(25-9-5-4-6-10-25)17-27(19-30)33-22-36-37(23-42-33)48-39-44-43-24-45(36)39/h7-8,11-25H,4-6,9-10H2,1-3H3. The Hall–Kier alpha value is -5.50. The molecular weight excluding hydrogens is 596 g/mol. The van der Waals surface area contributed by atoms with E-state index in [4.69, 9.17) is 19.1 Å². The van der Waals surface area contributed by atoms with Gasteiger partial charge in [0.2, 0.25) is 0 Å². The number of para-hydroxylation sites is 1. The lowest BCUT2D eigenvalue weighted by atomic mass is 9.83. The average Bonchev–Trinajstić information content (AvgIpc) is 3.80. The molecule has 0 aliphatic heterocycles. The van der Waals surface area contributed by atoms with Crippen LogP contribution in [0.15, 0.2) is 102 Å². The van der Waals surface area contributed by atoms with E-state index < -0.39 is 0 Å². The van der Waals surface area contributed by atoms with E-state index >= 15 is 0 Å². The van der Waals surface area contributed by atoms with Crippen molar-refractivity contribution in [3.05, 3.63) is 109 Å². The third-order valence-corrected chi connectivity index (χ3v) is 9.85. The second-order valence-electron chi connectivity index (χ2n) is 14.0. The number of oxazole rings is 1. The highest BCUT2D eigenvalue weighted by molar-refractivity contribution is 6.09. The zero-order valence-corrected chi connectivity index (χ0v) is 27.4. The predicted octanol–water partition coefficient (Wildman–Crippen LogP) is 10.2. The van der Waals surface area contributed by atoms with Gasteiger partial charge in [-0.2, -0.15) is 0 Å². The Labute approximate surface area is 278 Å². The molecule has 3 aromatic carbocycles. The first kappa shape index (κ1) is 28.7. The van der Waals surface area contributed by atoms with E-state index in [9.17, 15) is 0 Å². The van der Waals surface area contributed by atoms with Crippen molar-refractivity contribution in [2.24, 2.45) is 0 Å². The van der Waals surface area contributed by atoms with Crippen LogP contribution < -0.4 is 4.74 Å². The van der Waals surface area contributed by atoms with Gasteiger partial charge in [-0.1, -0.05) is 63.3 Å². The molecule has 1 aliphatic rings. The van der Waals surface area contributed by atoms with Crippen LogP contribution in [-0.2, 0) is 5.41 Å². The number of aromatic nitrogens is 6. The molecule has 0 amide bonds. The summed E-state index contributed by atoms with van der Waals surface area (Å²) in [6.45, 7) is 6.70. The normalized spacial score (nSPS) is 14.5. The third kappa shape index (κ3) is 4.91. The minimum atomic E-state index is 0.00440. The van der Waals surface area contributed by atoms with E-state index in [2.05, 4.69) is 108 Å². The molecule has 8 heteroatoms. The Kier molecular flexibility index (Phi) is 6.61. The van der Waals surface area contributed by atoms with Gasteiger partial charge >= 0.3 is 5.84 Å². The fourth-order valence-corrected chi connectivity index (χ4v) is 7.32. The summed E-state index contributed by atoms with van der Waals surface area (Å²) in [7, 11) is 0. The van der Waals surface area contributed by atoms with Gasteiger partial charge in [0.05, 0.1) is 28.4 Å². The van der Waals surface area contributed by atoms with E-state index in [1.54, 1.807) is 12.5 Å². The fourth-order valence-electron chi connectivity index (χ4n) is 7.32. The maximum absolute atomic E-state index is 6.77. The molecule has 5 aromatic heterocycles. The molecule has 0 bridgehead atoms. The average molecular weight is 633 g/mol. The number of rotatable bonds is 5. The van der Waals surface area contributed by atoms with Crippen LogP contribution >= 0.6 is 0 Å². The number of hydrogen-bond acceptors (Lipinski definition) is 6. The van der Waals surface area contributed by atoms with Crippen molar-refractivity contribution in [2.75, 3.05) is 0 Å². The summed E-state index contributed by atoms with van der Waals surface area (Å²) in [5, 5.41) is 10.4. The van der Waals surface area contributed by atoms with Crippen LogP contribution in [0.3, 0.4) is 0 Å². The highest BCUT2D eigenvalue weighted by atomic mass is 16.5. The summed E-state index contributed by atoms with van der Waals surface area (Å²) in [6, 6.07) is 27.9. The number of pyridine rings is 2. The summed E-state index contributed by atoms with van der Waals surface area (Å²) < 4.78 is 16.7. The Morgan fingerprint density at radius 1 is 0.792 bits per heavy atom. The van der Waals surface area contributed by atoms with E-state index in [1.807, 2.05) is 16.7 Å². The Balaban J connectivity index is 1.16. The molecule has 0 radical (unpaired) electrons. The van der Waals surface area contributed by atoms with Crippen molar-refractivity contribution < 1.29 is 9.15 Å². The maximum Gasteiger partial charge on any atom is 0.327 e. The Bertz CT molecular complexity index is 2470. The molecule has 8 nitrogen and oxygen atoms in total. The summed E-state index contributed by atoms with van der Waals surface area (Å²) in [4.78, 5) is 9.65. The minimum absolute atomic E-state index is 0.00440. The van der Waals surface area contributed by atoms with Gasteiger partial charge in [-0.05, 0) is 89.9 Å². The summed E-state index contributed by atoms with van der Waals surface area (Å²) in [5.74, 6) is 3.42. The second kappa shape index (κ2) is 11.0. The van der Waals surface area contributed by atoms with Crippen LogP contribution in [0.4, 0.5) is 0 Å². The van der Waals surface area contributed by atoms with Gasteiger partial charge in [-0.15, -0.1) is 5.10 Å². The monoisotopic (exact) mass is 632 g/mol. The smallest absolute Gasteiger partial charge is 0.327 e. The first-order valence-corrected chi connectivity index (χ1v) is 16.8. The Morgan fingerprint density at radius 3 is 2.52 bits per heavy atom. The highest BCUT2D eigenvalue weighted by Gasteiger charge is 2.21. The van der Waals surface area contributed by atoms with Gasteiger partial charge in [-0.3, -0.25) is 9.55 Å². The number of benzene rings is 3. The number of fused-ring (bicyclic) bond motifs is 6. The predicted molar refractivity (Wildman–Crippen MR) is 189 cm³/mol. The highest BCUT2D eigenvalue weighted by Crippen LogP contribution is 2.40. The van der Waals surface area contributed by atoms with Crippen LogP contribution in [-0.4, -0.2) is 29.1 Å². The molecule has 0 spiro atoms. The molecule has 238 valence electrons. The molecule has 8 aromatic rings. The van der Waals surface area contributed by atoms with E-state index in [1.165, 1.54) is 48.6 Å². The van der Waals surface area contributed by atoms with Gasteiger partial charge in [0.1, 0.15) is 23.6 Å². The van der Waals surface area contributed by atoms with Crippen molar-refractivity contribution in [1.29, 1.82) is 0 Å². The fraction of sp³-hybridized carbons (Fsp3) is 0.250. The first-order chi connectivity index (χ1) is 23.4. The zero-order chi connectivity index (χ0) is 32.4. The van der Waals surface area contributed by atoms with Gasteiger partial charge in [0.15, 0.2) is 5.58 Å². The molecule has 0 saturated heterocycles. The molecular formula is C40H36N6O2. The van der Waals surface area contributed by atoms with Crippen LogP contribution in [0.5, 0.6) is 11.5 Å². The van der Waals surface area contributed by atoms with Crippen LogP contribution in [0.1, 0.15) is 69.9 Å². The number of hydrogen-bond donors (Lipinski definition) is 0. The lowest BCUT2D eigenvalue weighted by Crippen LogP contribution is -2.12. The quantitative estimate of drug-likeness (QED) is 0.188. The third-order valence-electron chi connectivity index (χ3n) is 9.85.